The highest BCUT2D eigenvalue weighted by atomic mass is 79.9. The van der Waals surface area contributed by atoms with E-state index in [4.69, 9.17) is 6.42 Å². The topological polar surface area (TPSA) is 0 Å². The van der Waals surface area contributed by atoms with E-state index < -0.39 is 0 Å². The molecule has 1 heteroatoms. The molecule has 3 aromatic carbocycles. The highest BCUT2D eigenvalue weighted by molar-refractivity contribution is 9.10. The minimum Gasteiger partial charge on any atom is -0.119 e. The van der Waals surface area contributed by atoms with Crippen molar-refractivity contribution in [2.24, 2.45) is 0 Å². The summed E-state index contributed by atoms with van der Waals surface area (Å²) >= 11 is 3.60. The molecule has 0 fully saturated rings. The fourth-order valence-corrected chi connectivity index (χ4v) is 4.99. The van der Waals surface area contributed by atoms with Gasteiger partial charge in [-0.05, 0) is 69.5 Å². The van der Waals surface area contributed by atoms with Crippen LogP contribution in [0.5, 0.6) is 0 Å². The zero-order valence-electron chi connectivity index (χ0n) is 16.6. The van der Waals surface area contributed by atoms with Crippen molar-refractivity contribution < 1.29 is 0 Å². The predicted octanol–water partition coefficient (Wildman–Crippen LogP) is 7.71. The van der Waals surface area contributed by atoms with Crippen LogP contribution in [0.4, 0.5) is 0 Å². The van der Waals surface area contributed by atoms with Crippen molar-refractivity contribution in [1.29, 1.82) is 0 Å². The van der Waals surface area contributed by atoms with E-state index in [1.807, 2.05) is 0 Å². The van der Waals surface area contributed by atoms with Crippen LogP contribution in [0.15, 0.2) is 101 Å². The molecular weight excluding hydrogens is 428 g/mol. The van der Waals surface area contributed by atoms with Gasteiger partial charge in [-0.15, -0.1) is 6.42 Å². The average molecular weight is 449 g/mol. The van der Waals surface area contributed by atoms with Crippen molar-refractivity contribution in [2.45, 2.75) is 18.8 Å². The van der Waals surface area contributed by atoms with Gasteiger partial charge in [-0.2, -0.15) is 0 Å². The molecule has 0 nitrogen and oxygen atoms in total. The second kappa shape index (κ2) is 7.98. The summed E-state index contributed by atoms with van der Waals surface area (Å²) in [6.07, 6.45) is 16.9. The molecule has 144 valence electrons. The lowest BCUT2D eigenvalue weighted by Crippen LogP contribution is -2.00. The Kier molecular flexibility index (Phi) is 5.03. The first-order valence-electron chi connectivity index (χ1n) is 10.2. The zero-order chi connectivity index (χ0) is 20.5. The first-order chi connectivity index (χ1) is 14.7. The standard InChI is InChI=1S/C29H21Br/c1-2-25-26-14-5-6-15-27(26)28-16-8-12-23(29(25)28)18-20-9-3-4-10-21(17-20)22-11-7-13-24(30)19-22/h1,3,5-17,19,25H,4,18H2. The number of hydrogen-bond donors (Lipinski definition) is 0. The Morgan fingerprint density at radius 3 is 2.67 bits per heavy atom. The number of rotatable bonds is 3. The summed E-state index contributed by atoms with van der Waals surface area (Å²) in [4.78, 5) is 0. The molecule has 0 radical (unpaired) electrons. The van der Waals surface area contributed by atoms with E-state index in [2.05, 4.69) is 113 Å². The summed E-state index contributed by atoms with van der Waals surface area (Å²) in [5, 5.41) is 0. The van der Waals surface area contributed by atoms with Crippen LogP contribution < -0.4 is 0 Å². The van der Waals surface area contributed by atoms with Crippen molar-refractivity contribution >= 4 is 21.5 Å². The molecule has 0 bridgehead atoms. The smallest absolute Gasteiger partial charge is 0.0714 e. The predicted molar refractivity (Wildman–Crippen MR) is 130 cm³/mol. The summed E-state index contributed by atoms with van der Waals surface area (Å²) in [5.41, 5.74) is 10.2. The highest BCUT2D eigenvalue weighted by Crippen LogP contribution is 2.46. The number of fused-ring (bicyclic) bond motifs is 3. The SMILES string of the molecule is C#CC1c2ccccc2-c2cccc(CC3=CC(c4cccc(Br)c4)=CCC=C3)c21. The quantitative estimate of drug-likeness (QED) is 0.359. The van der Waals surface area contributed by atoms with Crippen molar-refractivity contribution in [3.63, 3.8) is 0 Å². The summed E-state index contributed by atoms with van der Waals surface area (Å²) in [7, 11) is 0. The van der Waals surface area contributed by atoms with E-state index >= 15 is 0 Å². The molecule has 0 aromatic heterocycles. The molecule has 0 N–H and O–H groups in total. The molecule has 0 spiro atoms. The molecule has 3 aromatic rings. The lowest BCUT2D eigenvalue weighted by molar-refractivity contribution is 1.05. The number of hydrogen-bond acceptors (Lipinski definition) is 0. The largest absolute Gasteiger partial charge is 0.119 e. The van der Waals surface area contributed by atoms with E-state index in [0.29, 0.717) is 0 Å². The molecule has 0 aliphatic heterocycles. The van der Waals surface area contributed by atoms with Crippen LogP contribution in [0, 0.1) is 12.3 Å². The monoisotopic (exact) mass is 448 g/mol. The Balaban J connectivity index is 1.54. The number of allylic oxidation sites excluding steroid dienone is 6. The van der Waals surface area contributed by atoms with Gasteiger partial charge in [-0.25, -0.2) is 0 Å². The second-order valence-electron chi connectivity index (χ2n) is 7.77. The van der Waals surface area contributed by atoms with E-state index in [1.54, 1.807) is 0 Å². The van der Waals surface area contributed by atoms with Crippen LogP contribution in [-0.2, 0) is 6.42 Å². The first-order valence-corrected chi connectivity index (χ1v) is 11.0. The van der Waals surface area contributed by atoms with E-state index in [9.17, 15) is 0 Å². The van der Waals surface area contributed by atoms with Gasteiger partial charge in [-0.1, -0.05) is 101 Å². The average Bonchev–Trinajstić information content (AvgIpc) is 2.91. The Morgan fingerprint density at radius 2 is 1.80 bits per heavy atom. The highest BCUT2D eigenvalue weighted by Gasteiger charge is 2.29. The van der Waals surface area contributed by atoms with E-state index in [0.717, 1.165) is 17.3 Å². The molecule has 0 amide bonds. The van der Waals surface area contributed by atoms with E-state index in [-0.39, 0.29) is 5.92 Å². The zero-order valence-corrected chi connectivity index (χ0v) is 18.2. The first kappa shape index (κ1) is 18.9. The summed E-state index contributed by atoms with van der Waals surface area (Å²) in [6.45, 7) is 0. The van der Waals surface area contributed by atoms with Crippen LogP contribution in [0.3, 0.4) is 0 Å². The van der Waals surface area contributed by atoms with Gasteiger partial charge >= 0.3 is 0 Å². The normalized spacial score (nSPS) is 16.7. The van der Waals surface area contributed by atoms with Gasteiger partial charge in [0, 0.05) is 4.47 Å². The molecule has 1 unspecified atom stereocenters. The second-order valence-corrected chi connectivity index (χ2v) is 8.68. The number of terminal acetylenes is 1. The maximum absolute atomic E-state index is 6.01. The Bertz CT molecular complexity index is 1260. The Morgan fingerprint density at radius 1 is 0.967 bits per heavy atom. The molecular formula is C29H21Br. The molecule has 2 aliphatic rings. The minimum atomic E-state index is 0.0304. The molecule has 1 atom stereocenters. The third kappa shape index (κ3) is 3.38. The summed E-state index contributed by atoms with van der Waals surface area (Å²) in [5.74, 6) is 3.08. The maximum Gasteiger partial charge on any atom is 0.0714 e. The minimum absolute atomic E-state index is 0.0304. The Hall–Kier alpha value is -3.08. The maximum atomic E-state index is 6.01. The van der Waals surface area contributed by atoms with Gasteiger partial charge in [0.05, 0.1) is 5.92 Å². The lowest BCUT2D eigenvalue weighted by atomic mass is 9.90. The third-order valence-corrected chi connectivity index (χ3v) is 6.41. The van der Waals surface area contributed by atoms with Crippen molar-refractivity contribution in [3.05, 3.63) is 123 Å². The molecule has 2 aliphatic carbocycles. The van der Waals surface area contributed by atoms with Crippen molar-refractivity contribution in [1.82, 2.24) is 0 Å². The van der Waals surface area contributed by atoms with Crippen LogP contribution in [0.1, 0.15) is 34.6 Å². The van der Waals surface area contributed by atoms with Crippen molar-refractivity contribution in [2.75, 3.05) is 0 Å². The number of halogens is 1. The molecule has 0 heterocycles. The third-order valence-electron chi connectivity index (χ3n) is 5.91. The van der Waals surface area contributed by atoms with Gasteiger partial charge in [0.2, 0.25) is 0 Å². The summed E-state index contributed by atoms with van der Waals surface area (Å²) < 4.78 is 1.10. The fraction of sp³-hybridized carbons (Fsp3) is 0.103. The molecule has 30 heavy (non-hydrogen) atoms. The van der Waals surface area contributed by atoms with Crippen LogP contribution in [0.25, 0.3) is 16.7 Å². The van der Waals surface area contributed by atoms with Crippen LogP contribution in [0.2, 0.25) is 0 Å². The lowest BCUT2D eigenvalue weighted by Gasteiger charge is -2.13. The fourth-order valence-electron chi connectivity index (χ4n) is 4.59. The van der Waals surface area contributed by atoms with Crippen LogP contribution in [-0.4, -0.2) is 0 Å². The Labute approximate surface area is 186 Å². The van der Waals surface area contributed by atoms with E-state index in [1.165, 1.54) is 44.5 Å². The molecule has 5 rings (SSSR count). The number of benzene rings is 3. The molecule has 0 saturated heterocycles. The van der Waals surface area contributed by atoms with Crippen molar-refractivity contribution in [3.8, 4) is 23.5 Å². The van der Waals surface area contributed by atoms with Gasteiger partial charge in [0.25, 0.3) is 0 Å². The van der Waals surface area contributed by atoms with Gasteiger partial charge < -0.3 is 0 Å². The van der Waals surface area contributed by atoms with Gasteiger partial charge in [0.1, 0.15) is 0 Å². The summed E-state index contributed by atoms with van der Waals surface area (Å²) in [6, 6.07) is 23.6. The van der Waals surface area contributed by atoms with Gasteiger partial charge in [0.15, 0.2) is 0 Å². The molecule has 0 saturated carbocycles. The van der Waals surface area contributed by atoms with Gasteiger partial charge in [-0.3, -0.25) is 0 Å². The van der Waals surface area contributed by atoms with Crippen LogP contribution >= 0.6 is 15.9 Å².